The van der Waals surface area contributed by atoms with Crippen LogP contribution in [0.2, 0.25) is 20.1 Å². The van der Waals surface area contributed by atoms with E-state index in [1.54, 1.807) is 84.5 Å². The first kappa shape index (κ1) is 97.4. The molecule has 16 aromatic rings. The zero-order valence-electron chi connectivity index (χ0n) is 78.7. The third kappa shape index (κ3) is 24.9. The molecule has 3 spiro atoms. The van der Waals surface area contributed by atoms with Crippen LogP contribution in [0.25, 0.3) is 43.6 Å². The van der Waals surface area contributed by atoms with Gasteiger partial charge < -0.3 is 74.5 Å². The number of anilines is 8. The summed E-state index contributed by atoms with van der Waals surface area (Å²) in [5.74, 6) is 7.92. The van der Waals surface area contributed by atoms with E-state index in [0.717, 1.165) is 211 Å². The monoisotopic (exact) mass is 2050 g/mol. The van der Waals surface area contributed by atoms with Crippen molar-refractivity contribution in [3.05, 3.63) is 312 Å². The van der Waals surface area contributed by atoms with Crippen molar-refractivity contribution in [2.24, 2.45) is 20.0 Å². The zero-order valence-corrected chi connectivity index (χ0v) is 83.3. The van der Waals surface area contributed by atoms with Gasteiger partial charge in [-0.05, 0) is 252 Å². The Labute approximate surface area is 857 Å². The van der Waals surface area contributed by atoms with Crippen LogP contribution in [0.4, 0.5) is 50.4 Å². The van der Waals surface area contributed by atoms with Gasteiger partial charge in [-0.2, -0.15) is 0 Å². The van der Waals surface area contributed by atoms with Crippen molar-refractivity contribution in [1.82, 2.24) is 65.5 Å². The second-order valence-corrected chi connectivity index (χ2v) is 39.9. The number of hydrogen-bond acceptors (Lipinski definition) is 32. The van der Waals surface area contributed by atoms with E-state index in [1.165, 1.54) is 18.5 Å². The number of nitrogens with one attached hydrogen (secondary N) is 6. The van der Waals surface area contributed by atoms with E-state index < -0.39 is 0 Å². The molecule has 7 aliphatic rings. The summed E-state index contributed by atoms with van der Waals surface area (Å²) in [6.07, 6.45) is 19.9. The van der Waals surface area contributed by atoms with Gasteiger partial charge in [0.1, 0.15) is 157 Å². The lowest BCUT2D eigenvalue weighted by Crippen LogP contribution is -2.41. The molecule has 37 heteroatoms. The number of halogens is 5. The number of hydrogen-bond donors (Lipinski definition) is 6. The van der Waals surface area contributed by atoms with Gasteiger partial charge in [0, 0.05) is 113 Å². The minimum atomic E-state index is -0.301. The Morgan fingerprint density at radius 2 is 0.715 bits per heavy atom. The van der Waals surface area contributed by atoms with Gasteiger partial charge in [-0.25, -0.2) is 74.2 Å². The molecule has 0 radical (unpaired) electrons. The number of piperidine rings is 2. The number of nitrogens with zero attached hydrogens (tertiary/aromatic N) is 15. The third-order valence-corrected chi connectivity index (χ3v) is 27.9. The minimum Gasteiger partial charge on any atom is -0.487 e. The van der Waals surface area contributed by atoms with Crippen LogP contribution in [0, 0.1) is 5.82 Å². The van der Waals surface area contributed by atoms with Crippen LogP contribution >= 0.6 is 69.1 Å². The molecule has 0 amide bonds. The maximum atomic E-state index is 13.4. The van der Waals surface area contributed by atoms with Crippen molar-refractivity contribution in [3.8, 4) is 23.0 Å². The second-order valence-electron chi connectivity index (χ2n) is 36.3. The highest BCUT2D eigenvalue weighted by atomic mass is 35.5. The Kier molecular flexibility index (Phi) is 30.4. The molecule has 734 valence electrons. The number of fused-ring (bicyclic) bond motifs is 4. The van der Waals surface area contributed by atoms with Crippen LogP contribution in [0.15, 0.2) is 263 Å². The van der Waals surface area contributed by atoms with Crippen LogP contribution in [0.3, 0.4) is 0 Å². The number of aliphatic imine (C=N–C) groups is 4. The molecule has 14 heterocycles. The largest absolute Gasteiger partial charge is 0.487 e. The molecule has 0 bridgehead atoms. The number of benzene rings is 9. The predicted molar refractivity (Wildman–Crippen MR) is 564 cm³/mol. The normalized spacial score (nSPS) is 16.0. The lowest BCUT2D eigenvalue weighted by atomic mass is 9.90. The van der Waals surface area contributed by atoms with E-state index in [1.807, 2.05) is 126 Å². The molecule has 7 aromatic heterocycles. The van der Waals surface area contributed by atoms with Crippen molar-refractivity contribution in [2.75, 3.05) is 87.1 Å². The van der Waals surface area contributed by atoms with Crippen molar-refractivity contribution in [3.63, 3.8) is 0 Å². The van der Waals surface area contributed by atoms with Crippen LogP contribution in [0.5, 0.6) is 23.0 Å². The summed E-state index contributed by atoms with van der Waals surface area (Å²) in [6, 6.07) is 58.7. The molecule has 7 aliphatic heterocycles. The molecule has 30 nitrogen and oxygen atoms in total. The van der Waals surface area contributed by atoms with Gasteiger partial charge in [-0.1, -0.05) is 88.9 Å². The Morgan fingerprint density at radius 3 is 1.06 bits per heavy atom. The van der Waals surface area contributed by atoms with Crippen molar-refractivity contribution >= 4 is 182 Å². The smallest absolute Gasteiger partial charge is 0.188 e. The van der Waals surface area contributed by atoms with Gasteiger partial charge in [0.25, 0.3) is 0 Å². The van der Waals surface area contributed by atoms with Gasteiger partial charge in [0.05, 0.1) is 53.4 Å². The molecule has 9 aromatic carbocycles. The minimum absolute atomic E-state index is 0.0529. The van der Waals surface area contributed by atoms with Crippen LogP contribution in [-0.4, -0.2) is 166 Å². The Hall–Kier alpha value is -14.0. The fraction of sp³-hybridized carbons (Fsp3) is 0.280. The number of pyridine rings is 1. The summed E-state index contributed by atoms with van der Waals surface area (Å²) in [7, 11) is 0. The van der Waals surface area contributed by atoms with Crippen LogP contribution in [-0.2, 0) is 75.8 Å². The highest BCUT2D eigenvalue weighted by molar-refractivity contribution is 7.09. The molecule has 3 saturated heterocycles. The third-order valence-electron chi connectivity index (χ3n) is 25.2. The van der Waals surface area contributed by atoms with E-state index in [4.69, 9.17) is 104 Å². The van der Waals surface area contributed by atoms with Crippen LogP contribution < -0.4 is 50.8 Å². The standard InChI is InChI=1S/C28H27ClN6O2.C27H24ClFN4O2.C26H25ClN6O2S.C26H24ClN5O3S/c29-23-15-20(5-7-25(23)36-16-21-3-1-2-10-31-21)34-27-22-13-19(4-6-24(22)32-18-33-27)14-26-35-28(17-37-26)8-11-30-12-9-28;1-27(2)15-35-25(33-27)12-17-6-8-23-21(11-17)26(31-16-30-23)32-20-7-9-24(22(28)13-20)34-14-18-4-3-5-19(29)10-18;27-20-13-18(2-4-22(20)34-14-24-29-9-10-36-24)32-25-19-11-17(1-3-21(19)30-16-31-25)12-23-33-26(15-35-23)5-7-28-8-6-26;27-20-13-18(2-4-22(20)34-14-24-28-7-10-36-24)31-25-19-11-17(1-3-21(19)29-16-30-25)12-23-32-26(15-35-23)5-8-33-9-6-26/h1-7,10,13,15,18,30H,8-9,11-12,14,16-17H2,(H,32,33,34);3-11,13,16H,12,14-15H2,1-2H3,(H,30,31,32);1-4,9-11,13,16,28H,5-8,12,14-15H2,(H,30,31,32);1-4,7,10-11,13,16H,5-6,8-9,12,14-15H2,(H,29,30,31). The first-order chi connectivity index (χ1) is 70.3. The Bertz CT molecular complexity index is 7200. The molecule has 144 heavy (non-hydrogen) atoms. The molecule has 23 rings (SSSR count). The maximum Gasteiger partial charge on any atom is 0.188 e. The quantitative estimate of drug-likeness (QED) is 0.0265. The van der Waals surface area contributed by atoms with Gasteiger partial charge in [0.15, 0.2) is 23.6 Å². The lowest BCUT2D eigenvalue weighted by molar-refractivity contribution is 0.0441. The summed E-state index contributed by atoms with van der Waals surface area (Å²) < 4.78 is 65.9. The van der Waals surface area contributed by atoms with E-state index in [0.29, 0.717) is 138 Å². The number of rotatable bonds is 28. The number of thiazole rings is 2. The van der Waals surface area contributed by atoms with Crippen molar-refractivity contribution in [2.45, 2.75) is 127 Å². The number of aromatic nitrogens is 11. The Morgan fingerprint density at radius 1 is 0.347 bits per heavy atom. The molecular formula is C107H100Cl4FN21O9S2. The zero-order chi connectivity index (χ0) is 98.2. The molecular weight excluding hydrogens is 1950 g/mol. The van der Waals surface area contributed by atoms with Crippen LogP contribution in [0.1, 0.15) is 95.9 Å². The Balaban J connectivity index is 0.000000117. The second kappa shape index (κ2) is 44.9. The first-order valence-electron chi connectivity index (χ1n) is 47.3. The maximum absolute atomic E-state index is 13.4. The number of ether oxygens (including phenoxy) is 9. The SMILES string of the molecule is CC1(C)COC(Cc2ccc3ncnc(Nc4ccc(OCc5cccc(F)c5)c(Cl)c4)c3c2)=N1.Clc1cc(Nc2ncnc3ccc(CC4=NC5(CCNCC5)CO4)cc23)ccc1OCc1ccccn1.Clc1cc(Nc2ncnc3ccc(CC4=NC5(CCNCC5)CO4)cc23)ccc1OCc1nccs1.Clc1cc(Nc2ncnc3ccc(CC4=NC5(CCOCC5)CO4)cc23)ccc1OCc1nccs1. The van der Waals surface area contributed by atoms with Gasteiger partial charge in [-0.3, -0.25) is 4.98 Å². The summed E-state index contributed by atoms with van der Waals surface area (Å²) >= 11 is 29.0. The fourth-order valence-electron chi connectivity index (χ4n) is 17.6. The lowest BCUT2D eigenvalue weighted by Gasteiger charge is -2.28. The molecule has 0 aliphatic carbocycles. The van der Waals surface area contributed by atoms with Gasteiger partial charge >= 0.3 is 0 Å². The van der Waals surface area contributed by atoms with E-state index in [-0.39, 0.29) is 34.6 Å². The summed E-state index contributed by atoms with van der Waals surface area (Å²) in [6.45, 7) is 13.5. The van der Waals surface area contributed by atoms with Crippen molar-refractivity contribution < 1.29 is 47.0 Å². The summed E-state index contributed by atoms with van der Waals surface area (Å²) in [5.41, 5.74) is 12.1. The fourth-order valence-corrected chi connectivity index (χ4v) is 19.6. The summed E-state index contributed by atoms with van der Waals surface area (Å²) in [5, 5.41) is 31.5. The van der Waals surface area contributed by atoms with Gasteiger partial charge in [0.2, 0.25) is 0 Å². The summed E-state index contributed by atoms with van der Waals surface area (Å²) in [4.78, 5) is 67.9. The molecule has 0 atom stereocenters. The molecule has 0 saturated carbocycles. The highest BCUT2D eigenvalue weighted by Gasteiger charge is 2.41. The molecule has 3 fully saturated rings. The molecule has 6 N–H and O–H groups in total. The average molecular weight is 2050 g/mol. The van der Waals surface area contributed by atoms with E-state index in [9.17, 15) is 4.39 Å². The predicted octanol–water partition coefficient (Wildman–Crippen LogP) is 22.3. The van der Waals surface area contributed by atoms with E-state index >= 15 is 0 Å². The molecule has 0 unspecified atom stereocenters. The highest BCUT2D eigenvalue weighted by Crippen LogP contribution is 2.41. The first-order valence-corrected chi connectivity index (χ1v) is 50.6. The average Bonchev–Trinajstić information content (AvgIpc) is 1.71. The van der Waals surface area contributed by atoms with E-state index in [2.05, 4.69) is 142 Å². The topological polar surface area (TPSA) is 346 Å². The van der Waals surface area contributed by atoms with Gasteiger partial charge in [-0.15, -0.1) is 22.7 Å². The van der Waals surface area contributed by atoms with Crippen molar-refractivity contribution in [1.29, 1.82) is 0 Å².